The van der Waals surface area contributed by atoms with Crippen molar-refractivity contribution in [2.45, 2.75) is 63.0 Å². The van der Waals surface area contributed by atoms with Gasteiger partial charge >= 0.3 is 0 Å². The molecule has 104 valence electrons. The molecule has 4 atom stereocenters. The van der Waals surface area contributed by atoms with Crippen LogP contribution in [0.2, 0.25) is 0 Å². The van der Waals surface area contributed by atoms with E-state index in [1.807, 2.05) is 0 Å². The van der Waals surface area contributed by atoms with Crippen molar-refractivity contribution in [1.29, 1.82) is 0 Å². The molecule has 3 saturated carbocycles. The standard InChI is InChI=1S/C14H24F2N2/c15-9-3-1-7(2-4-9)13(17)14(18)8-5-10-11(6-8)12(10)16/h7-14H,1-6,17-18H2. The predicted molar refractivity (Wildman–Crippen MR) is 67.4 cm³/mol. The van der Waals surface area contributed by atoms with Crippen LogP contribution in [-0.4, -0.2) is 24.4 Å². The topological polar surface area (TPSA) is 52.0 Å². The third-order valence-electron chi connectivity index (χ3n) is 5.61. The Kier molecular flexibility index (Phi) is 3.35. The fourth-order valence-corrected chi connectivity index (χ4v) is 4.21. The van der Waals surface area contributed by atoms with E-state index in [-0.39, 0.29) is 23.9 Å². The highest BCUT2D eigenvalue weighted by Crippen LogP contribution is 2.57. The SMILES string of the molecule is NC(C1CCC(F)CC1)C(N)C1CC2C(F)C2C1. The fraction of sp³-hybridized carbons (Fsp3) is 1.00. The molecule has 3 aliphatic carbocycles. The second kappa shape index (κ2) is 4.71. The van der Waals surface area contributed by atoms with Gasteiger partial charge in [0.05, 0.1) is 0 Å². The summed E-state index contributed by atoms with van der Waals surface area (Å²) in [5, 5.41) is 0. The highest BCUT2D eigenvalue weighted by Gasteiger charge is 2.58. The Labute approximate surface area is 107 Å². The Morgan fingerprint density at radius 3 is 1.83 bits per heavy atom. The number of halogens is 2. The number of fused-ring (bicyclic) bond motifs is 1. The van der Waals surface area contributed by atoms with Crippen LogP contribution in [0.3, 0.4) is 0 Å². The van der Waals surface area contributed by atoms with Gasteiger partial charge in [-0.05, 0) is 62.2 Å². The van der Waals surface area contributed by atoms with Crippen molar-refractivity contribution < 1.29 is 8.78 Å². The highest BCUT2D eigenvalue weighted by atomic mass is 19.1. The summed E-state index contributed by atoms with van der Waals surface area (Å²) in [4.78, 5) is 0. The third kappa shape index (κ3) is 2.18. The number of hydrogen-bond donors (Lipinski definition) is 2. The van der Waals surface area contributed by atoms with Gasteiger partial charge in [-0.25, -0.2) is 8.78 Å². The van der Waals surface area contributed by atoms with Crippen LogP contribution in [0.1, 0.15) is 38.5 Å². The molecule has 0 aromatic carbocycles. The number of rotatable bonds is 3. The van der Waals surface area contributed by atoms with Crippen molar-refractivity contribution in [3.8, 4) is 0 Å². The first-order valence-electron chi connectivity index (χ1n) is 7.37. The van der Waals surface area contributed by atoms with Crippen LogP contribution in [0, 0.1) is 23.7 Å². The monoisotopic (exact) mass is 258 g/mol. The minimum Gasteiger partial charge on any atom is -0.326 e. The van der Waals surface area contributed by atoms with Crippen LogP contribution < -0.4 is 11.5 Å². The minimum atomic E-state index is -0.643. The van der Waals surface area contributed by atoms with Gasteiger partial charge < -0.3 is 11.5 Å². The zero-order valence-electron chi connectivity index (χ0n) is 10.8. The largest absolute Gasteiger partial charge is 0.326 e. The van der Waals surface area contributed by atoms with Crippen molar-refractivity contribution in [3.05, 3.63) is 0 Å². The minimum absolute atomic E-state index is 0.0221. The molecular formula is C14H24F2N2. The van der Waals surface area contributed by atoms with E-state index in [4.69, 9.17) is 11.5 Å². The lowest BCUT2D eigenvalue weighted by Gasteiger charge is -2.35. The quantitative estimate of drug-likeness (QED) is 0.815. The zero-order chi connectivity index (χ0) is 12.9. The van der Waals surface area contributed by atoms with Gasteiger partial charge in [0.25, 0.3) is 0 Å². The molecule has 0 aliphatic heterocycles. The van der Waals surface area contributed by atoms with E-state index in [0.29, 0.717) is 24.7 Å². The predicted octanol–water partition coefficient (Wildman–Crippen LogP) is 2.16. The van der Waals surface area contributed by atoms with Crippen molar-refractivity contribution in [1.82, 2.24) is 0 Å². The van der Waals surface area contributed by atoms with Gasteiger partial charge in [-0.1, -0.05) is 0 Å². The molecule has 18 heavy (non-hydrogen) atoms. The van der Waals surface area contributed by atoms with Gasteiger partial charge in [0.2, 0.25) is 0 Å². The van der Waals surface area contributed by atoms with E-state index in [9.17, 15) is 8.78 Å². The van der Waals surface area contributed by atoms with E-state index in [2.05, 4.69) is 0 Å². The average molecular weight is 258 g/mol. The lowest BCUT2D eigenvalue weighted by Crippen LogP contribution is -2.51. The summed E-state index contributed by atoms with van der Waals surface area (Å²) < 4.78 is 26.3. The summed E-state index contributed by atoms with van der Waals surface area (Å²) in [5.41, 5.74) is 12.5. The fourth-order valence-electron chi connectivity index (χ4n) is 4.21. The van der Waals surface area contributed by atoms with Crippen LogP contribution in [0.5, 0.6) is 0 Å². The van der Waals surface area contributed by atoms with E-state index in [1.165, 1.54) is 0 Å². The van der Waals surface area contributed by atoms with Crippen molar-refractivity contribution in [3.63, 3.8) is 0 Å². The first kappa shape index (κ1) is 12.8. The summed E-state index contributed by atoms with van der Waals surface area (Å²) in [7, 11) is 0. The summed E-state index contributed by atoms with van der Waals surface area (Å²) in [5.74, 6) is 1.31. The molecule has 0 heterocycles. The van der Waals surface area contributed by atoms with Crippen LogP contribution in [0.15, 0.2) is 0 Å². The average Bonchev–Trinajstić information content (AvgIpc) is 2.81. The Balaban J connectivity index is 1.51. The van der Waals surface area contributed by atoms with Gasteiger partial charge in [0.1, 0.15) is 12.3 Å². The van der Waals surface area contributed by atoms with Crippen molar-refractivity contribution in [2.75, 3.05) is 0 Å². The molecule has 0 spiro atoms. The van der Waals surface area contributed by atoms with Gasteiger partial charge in [0, 0.05) is 12.1 Å². The van der Waals surface area contributed by atoms with Gasteiger partial charge in [0.15, 0.2) is 0 Å². The maximum absolute atomic E-state index is 13.1. The second-order valence-corrected chi connectivity index (χ2v) is 6.67. The van der Waals surface area contributed by atoms with Crippen LogP contribution in [0.4, 0.5) is 8.78 Å². The van der Waals surface area contributed by atoms with Crippen molar-refractivity contribution in [2.24, 2.45) is 35.1 Å². The molecule has 3 aliphatic rings. The number of alkyl halides is 2. The first-order chi connectivity index (χ1) is 8.58. The Morgan fingerprint density at radius 2 is 1.28 bits per heavy atom. The van der Waals surface area contributed by atoms with E-state index < -0.39 is 12.3 Å². The first-order valence-corrected chi connectivity index (χ1v) is 7.37. The maximum Gasteiger partial charge on any atom is 0.106 e. The lowest BCUT2D eigenvalue weighted by atomic mass is 9.77. The molecule has 2 nitrogen and oxygen atoms in total. The molecule has 3 fully saturated rings. The Morgan fingerprint density at radius 1 is 0.778 bits per heavy atom. The molecule has 4 unspecified atom stereocenters. The third-order valence-corrected chi connectivity index (χ3v) is 5.61. The van der Waals surface area contributed by atoms with Crippen molar-refractivity contribution >= 4 is 0 Å². The number of hydrogen-bond acceptors (Lipinski definition) is 2. The Bertz CT molecular complexity index is 286. The Hall–Kier alpha value is -0.220. The van der Waals surface area contributed by atoms with Gasteiger partial charge in [-0.3, -0.25) is 0 Å². The summed E-state index contributed by atoms with van der Waals surface area (Å²) >= 11 is 0. The van der Waals surface area contributed by atoms with Gasteiger partial charge in [-0.2, -0.15) is 0 Å². The van der Waals surface area contributed by atoms with Gasteiger partial charge in [-0.15, -0.1) is 0 Å². The smallest absolute Gasteiger partial charge is 0.106 e. The molecule has 0 bridgehead atoms. The molecular weight excluding hydrogens is 234 g/mol. The maximum atomic E-state index is 13.1. The summed E-state index contributed by atoms with van der Waals surface area (Å²) in [6, 6.07) is -0.0516. The number of nitrogens with two attached hydrogens (primary N) is 2. The lowest BCUT2D eigenvalue weighted by molar-refractivity contribution is 0.167. The second-order valence-electron chi connectivity index (χ2n) is 6.67. The summed E-state index contributed by atoms with van der Waals surface area (Å²) in [6.07, 6.45) is 3.62. The molecule has 0 amide bonds. The molecule has 4 N–H and O–H groups in total. The molecule has 3 rings (SSSR count). The van der Waals surface area contributed by atoms with E-state index in [1.54, 1.807) is 0 Å². The molecule has 0 aromatic heterocycles. The van der Waals surface area contributed by atoms with Crippen LogP contribution in [-0.2, 0) is 0 Å². The van der Waals surface area contributed by atoms with E-state index >= 15 is 0 Å². The highest BCUT2D eigenvalue weighted by molar-refractivity contribution is 5.08. The molecule has 0 radical (unpaired) electrons. The summed E-state index contributed by atoms with van der Waals surface area (Å²) in [6.45, 7) is 0. The normalized spacial score (nSPS) is 50.7. The molecule has 4 heteroatoms. The molecule has 0 saturated heterocycles. The van der Waals surface area contributed by atoms with Crippen LogP contribution in [0.25, 0.3) is 0 Å². The zero-order valence-corrected chi connectivity index (χ0v) is 10.8. The molecule has 0 aromatic rings. The van der Waals surface area contributed by atoms with E-state index in [0.717, 1.165) is 25.7 Å². The van der Waals surface area contributed by atoms with Crippen LogP contribution >= 0.6 is 0 Å².